The maximum atomic E-state index is 14.1. The van der Waals surface area contributed by atoms with Crippen LogP contribution in [-0.4, -0.2) is 39.6 Å². The van der Waals surface area contributed by atoms with Gasteiger partial charge < -0.3 is 9.84 Å². The van der Waals surface area contributed by atoms with Crippen LogP contribution in [0.5, 0.6) is 0 Å². The molecule has 9 nitrogen and oxygen atoms in total. The molecule has 2 heterocycles. The number of rotatable bonds is 3. The van der Waals surface area contributed by atoms with Gasteiger partial charge in [0.1, 0.15) is 16.7 Å². The number of hydrogen-bond acceptors (Lipinski definition) is 6. The van der Waals surface area contributed by atoms with E-state index in [0.717, 1.165) is 16.8 Å². The first kappa shape index (κ1) is 13.3. The van der Waals surface area contributed by atoms with Crippen molar-refractivity contribution >= 4 is 0 Å². The minimum absolute atomic E-state index is 0.529. The monoisotopic (exact) mass is 272 g/mol. The molecule has 0 bridgehead atoms. The van der Waals surface area contributed by atoms with Gasteiger partial charge in [0.25, 0.3) is 5.56 Å². The maximum Gasteiger partial charge on any atom is 0.330 e. The highest BCUT2D eigenvalue weighted by molar-refractivity contribution is 4.96. The summed E-state index contributed by atoms with van der Waals surface area (Å²) in [6.07, 6.45) is -3.02. The van der Waals surface area contributed by atoms with E-state index in [1.54, 1.807) is 0 Å². The third-order valence-electron chi connectivity index (χ3n) is 2.79. The van der Waals surface area contributed by atoms with Crippen molar-refractivity contribution in [1.29, 1.82) is 5.53 Å². The molecule has 19 heavy (non-hydrogen) atoms. The average Bonchev–Trinajstić information content (AvgIpc) is 2.68. The van der Waals surface area contributed by atoms with Crippen molar-refractivity contribution in [3.05, 3.63) is 33.1 Å². The number of aliphatic hydroxyl groups excluding tert-OH is 1. The van der Waals surface area contributed by atoms with Gasteiger partial charge in [0, 0.05) is 12.3 Å². The summed E-state index contributed by atoms with van der Waals surface area (Å²) in [6, 6.07) is -0.128. The molecule has 0 spiro atoms. The summed E-state index contributed by atoms with van der Waals surface area (Å²) in [4.78, 5) is 27.2. The molecule has 4 atom stereocenters. The van der Waals surface area contributed by atoms with Gasteiger partial charge in [0.05, 0.1) is 6.61 Å². The van der Waals surface area contributed by atoms with Gasteiger partial charge >= 0.3 is 5.69 Å². The Morgan fingerprint density at radius 3 is 2.95 bits per heavy atom. The van der Waals surface area contributed by atoms with Crippen LogP contribution in [0, 0.1) is 5.53 Å². The Labute approximate surface area is 104 Å². The lowest BCUT2D eigenvalue weighted by Gasteiger charge is -2.14. The first-order chi connectivity index (χ1) is 9.08. The molecule has 10 heteroatoms. The molecule has 1 aromatic rings. The first-order valence-corrected chi connectivity index (χ1v) is 5.37. The molecule has 0 unspecified atom stereocenters. The molecular formula is C9H11FN5O4+. The van der Waals surface area contributed by atoms with Gasteiger partial charge in [0.2, 0.25) is 4.91 Å². The van der Waals surface area contributed by atoms with Gasteiger partial charge in [-0.25, -0.2) is 9.18 Å². The Morgan fingerprint density at radius 2 is 2.37 bits per heavy atom. The molecule has 0 amide bonds. The van der Waals surface area contributed by atoms with Crippen molar-refractivity contribution in [2.24, 2.45) is 5.11 Å². The summed E-state index contributed by atoms with van der Waals surface area (Å²) in [5.74, 6) is 0. The number of nitrogens with zero attached hydrogens (tertiary/aromatic N) is 3. The number of nitrogens with one attached hydrogen (secondary N) is 2. The number of ether oxygens (including phenoxy) is 1. The van der Waals surface area contributed by atoms with E-state index in [0.29, 0.717) is 0 Å². The average molecular weight is 272 g/mol. The first-order valence-electron chi connectivity index (χ1n) is 5.37. The summed E-state index contributed by atoms with van der Waals surface area (Å²) in [5, 5.41) is 12.4. The second-order valence-electron chi connectivity index (χ2n) is 3.92. The SMILES string of the molecule is N=[N+]=N[C@H]1[C@@H](F)[C@H](n2ccc(=O)[nH]c2=O)O[C@@H]1CO. The van der Waals surface area contributed by atoms with Crippen LogP contribution < -0.4 is 16.2 Å². The molecule has 0 radical (unpaired) electrons. The van der Waals surface area contributed by atoms with Gasteiger partial charge in [-0.2, -0.15) is 0 Å². The third kappa shape index (κ3) is 2.36. The fourth-order valence-corrected chi connectivity index (χ4v) is 1.91. The number of aromatic amines is 1. The van der Waals surface area contributed by atoms with E-state index >= 15 is 0 Å². The minimum atomic E-state index is -1.77. The van der Waals surface area contributed by atoms with E-state index in [2.05, 4.69) is 10.0 Å². The Bertz CT molecular complexity index is 622. The molecule has 1 aliphatic heterocycles. The Hall–Kier alpha value is -2.16. The van der Waals surface area contributed by atoms with E-state index in [-0.39, 0.29) is 0 Å². The number of alkyl halides is 1. The molecule has 3 N–H and O–H groups in total. The lowest BCUT2D eigenvalue weighted by molar-refractivity contribution is -0.0403. The second-order valence-corrected chi connectivity index (χ2v) is 3.92. The molecule has 102 valence electrons. The van der Waals surface area contributed by atoms with E-state index in [1.807, 2.05) is 4.98 Å². The molecule has 0 saturated carbocycles. The Morgan fingerprint density at radius 1 is 1.63 bits per heavy atom. The van der Waals surface area contributed by atoms with Gasteiger partial charge in [-0.15, -0.1) is 0 Å². The smallest absolute Gasteiger partial charge is 0.330 e. The van der Waals surface area contributed by atoms with Crippen molar-refractivity contribution in [2.75, 3.05) is 6.61 Å². The van der Waals surface area contributed by atoms with Crippen molar-refractivity contribution in [3.63, 3.8) is 0 Å². The predicted molar refractivity (Wildman–Crippen MR) is 58.3 cm³/mol. The fraction of sp³-hybridized carbons (Fsp3) is 0.556. The zero-order chi connectivity index (χ0) is 14.0. The zero-order valence-electron chi connectivity index (χ0n) is 9.56. The van der Waals surface area contributed by atoms with Crippen molar-refractivity contribution < 1.29 is 14.2 Å². The van der Waals surface area contributed by atoms with E-state index < -0.39 is 42.4 Å². The molecule has 1 fully saturated rings. The quantitative estimate of drug-likeness (QED) is 0.464. The highest BCUT2D eigenvalue weighted by Gasteiger charge is 2.49. The molecule has 2 rings (SSSR count). The summed E-state index contributed by atoms with van der Waals surface area (Å²) >= 11 is 0. The Balaban J connectivity index is 2.38. The third-order valence-corrected chi connectivity index (χ3v) is 2.79. The van der Waals surface area contributed by atoms with Crippen LogP contribution in [0.1, 0.15) is 6.23 Å². The van der Waals surface area contributed by atoms with Crippen LogP contribution in [0.25, 0.3) is 0 Å². The van der Waals surface area contributed by atoms with Crippen molar-refractivity contribution in [1.82, 2.24) is 14.5 Å². The largest absolute Gasteiger partial charge is 0.394 e. The highest BCUT2D eigenvalue weighted by Crippen LogP contribution is 2.32. The Kier molecular flexibility index (Phi) is 3.65. The predicted octanol–water partition coefficient (Wildman–Crippen LogP) is -1.32. The number of aromatic nitrogens is 2. The fourth-order valence-electron chi connectivity index (χ4n) is 1.91. The van der Waals surface area contributed by atoms with Gasteiger partial charge in [-0.3, -0.25) is 14.3 Å². The standard InChI is InChI=1S/C9H10FN5O4/c10-6-7(13-14-11)4(3-16)19-8(6)15-2-1-5(17)12-9(15)18/h1-2,4,6-8,11,16H,3H2/p+1/t4-,6-,7-,8-/m1/s1. The summed E-state index contributed by atoms with van der Waals surface area (Å²) < 4.78 is 20.1. The lowest BCUT2D eigenvalue weighted by atomic mass is 10.1. The number of halogens is 1. The summed E-state index contributed by atoms with van der Waals surface area (Å²) in [7, 11) is 0. The molecular weight excluding hydrogens is 261 g/mol. The highest BCUT2D eigenvalue weighted by atomic mass is 19.1. The van der Waals surface area contributed by atoms with Crippen LogP contribution in [0.15, 0.2) is 27.0 Å². The summed E-state index contributed by atoms with van der Waals surface area (Å²) in [5.41, 5.74) is 5.15. The van der Waals surface area contributed by atoms with Gasteiger partial charge in [0.15, 0.2) is 18.4 Å². The lowest BCUT2D eigenvalue weighted by Crippen LogP contribution is -2.35. The van der Waals surface area contributed by atoms with E-state index in [1.165, 1.54) is 0 Å². The van der Waals surface area contributed by atoms with Crippen LogP contribution in [0.3, 0.4) is 0 Å². The van der Waals surface area contributed by atoms with E-state index in [4.69, 9.17) is 15.4 Å². The molecule has 1 saturated heterocycles. The van der Waals surface area contributed by atoms with Crippen molar-refractivity contribution in [2.45, 2.75) is 24.5 Å². The molecule has 0 aromatic carbocycles. The maximum absolute atomic E-state index is 14.1. The van der Waals surface area contributed by atoms with E-state index in [9.17, 15) is 14.0 Å². The van der Waals surface area contributed by atoms with Crippen LogP contribution >= 0.6 is 0 Å². The number of hydrogen-bond donors (Lipinski definition) is 3. The summed E-state index contributed by atoms with van der Waals surface area (Å²) in [6.45, 7) is -0.529. The second kappa shape index (κ2) is 5.22. The topological polar surface area (TPSA) is 135 Å². The minimum Gasteiger partial charge on any atom is -0.394 e. The zero-order valence-corrected chi connectivity index (χ0v) is 9.56. The number of H-pyrrole nitrogens is 1. The number of aliphatic hydroxyl groups is 1. The molecule has 1 aliphatic rings. The molecule has 1 aromatic heterocycles. The normalized spacial score (nSPS) is 30.0. The van der Waals surface area contributed by atoms with Crippen LogP contribution in [0.4, 0.5) is 4.39 Å². The van der Waals surface area contributed by atoms with Crippen molar-refractivity contribution in [3.8, 4) is 0 Å². The van der Waals surface area contributed by atoms with Crippen LogP contribution in [-0.2, 0) is 4.74 Å². The molecule has 0 aliphatic carbocycles. The van der Waals surface area contributed by atoms with Crippen LogP contribution in [0.2, 0.25) is 0 Å². The van der Waals surface area contributed by atoms with Gasteiger partial charge in [-0.05, 0) is 0 Å². The van der Waals surface area contributed by atoms with Gasteiger partial charge in [-0.1, -0.05) is 0 Å².